The number of methoxy groups -OCH3 is 1. The summed E-state index contributed by atoms with van der Waals surface area (Å²) in [7, 11) is 1.37. The van der Waals surface area contributed by atoms with Gasteiger partial charge >= 0.3 is 5.97 Å². The Balaban J connectivity index is 1.39. The number of nitrogens with one attached hydrogen (secondary N) is 2. The van der Waals surface area contributed by atoms with E-state index in [4.69, 9.17) is 4.74 Å². The first-order valence-corrected chi connectivity index (χ1v) is 14.6. The molecule has 2 N–H and O–H groups in total. The van der Waals surface area contributed by atoms with Gasteiger partial charge in [0.2, 0.25) is 11.8 Å². The standard InChI is InChI=1S/C29H33N3O4S2/c1-3-4-13-25(33)30-21-11-8-12-22(16-21)37-19-26(34)31-28-27(29(35)36-2)23-14-15-32(18-24(23)38-28)17-20-9-6-5-7-10-20/h5-12,16H,3-4,13-15,17-19H2,1-2H3,(H,30,33)(H,31,34). The highest BCUT2D eigenvalue weighted by atomic mass is 32.2. The van der Waals surface area contributed by atoms with Gasteiger partial charge in [-0.05, 0) is 42.2 Å². The molecule has 0 saturated carbocycles. The molecule has 0 spiro atoms. The summed E-state index contributed by atoms with van der Waals surface area (Å²) < 4.78 is 5.07. The molecular weight excluding hydrogens is 518 g/mol. The van der Waals surface area contributed by atoms with Crippen molar-refractivity contribution in [3.8, 4) is 0 Å². The van der Waals surface area contributed by atoms with Gasteiger partial charge in [0, 0.05) is 41.5 Å². The van der Waals surface area contributed by atoms with Gasteiger partial charge in [0.25, 0.3) is 0 Å². The normalized spacial score (nSPS) is 13.0. The number of rotatable bonds is 11. The Morgan fingerprint density at radius 1 is 1.05 bits per heavy atom. The van der Waals surface area contributed by atoms with Gasteiger partial charge < -0.3 is 15.4 Å². The minimum absolute atomic E-state index is 0.00826. The Labute approximate surface area is 232 Å². The van der Waals surface area contributed by atoms with Crippen LogP contribution in [-0.2, 0) is 33.8 Å². The summed E-state index contributed by atoms with van der Waals surface area (Å²) in [6.07, 6.45) is 3.04. The summed E-state index contributed by atoms with van der Waals surface area (Å²) in [6, 6.07) is 17.8. The lowest BCUT2D eigenvalue weighted by Gasteiger charge is -2.27. The summed E-state index contributed by atoms with van der Waals surface area (Å²) in [4.78, 5) is 41.9. The average Bonchev–Trinajstić information content (AvgIpc) is 3.28. The number of benzene rings is 2. The number of hydrogen-bond donors (Lipinski definition) is 2. The lowest BCUT2D eigenvalue weighted by molar-refractivity contribution is -0.116. The molecule has 1 aromatic heterocycles. The highest BCUT2D eigenvalue weighted by Gasteiger charge is 2.29. The number of thiophene rings is 1. The number of anilines is 2. The van der Waals surface area contributed by atoms with E-state index < -0.39 is 5.97 Å². The number of unbranched alkanes of at least 4 members (excludes halogenated alkanes) is 1. The van der Waals surface area contributed by atoms with Gasteiger partial charge in [0.05, 0.1) is 18.4 Å². The zero-order valence-corrected chi connectivity index (χ0v) is 23.4. The van der Waals surface area contributed by atoms with E-state index in [1.54, 1.807) is 0 Å². The fourth-order valence-electron chi connectivity index (χ4n) is 4.38. The second-order valence-electron chi connectivity index (χ2n) is 9.16. The van der Waals surface area contributed by atoms with Crippen molar-refractivity contribution >= 4 is 51.6 Å². The topological polar surface area (TPSA) is 87.7 Å². The molecule has 0 radical (unpaired) electrons. The van der Waals surface area contributed by atoms with Crippen LogP contribution in [0.5, 0.6) is 0 Å². The zero-order valence-electron chi connectivity index (χ0n) is 21.7. The second kappa shape index (κ2) is 13.6. The molecule has 0 fully saturated rings. The second-order valence-corrected chi connectivity index (χ2v) is 11.3. The minimum atomic E-state index is -0.423. The van der Waals surface area contributed by atoms with E-state index in [9.17, 15) is 14.4 Å². The van der Waals surface area contributed by atoms with E-state index in [0.29, 0.717) is 17.0 Å². The van der Waals surface area contributed by atoms with Crippen molar-refractivity contribution in [2.75, 3.05) is 30.0 Å². The molecule has 2 heterocycles. The molecule has 1 aliphatic rings. The van der Waals surface area contributed by atoms with E-state index >= 15 is 0 Å². The third-order valence-corrected chi connectivity index (χ3v) is 8.40. The molecule has 0 unspecified atom stereocenters. The Morgan fingerprint density at radius 2 is 1.87 bits per heavy atom. The zero-order chi connectivity index (χ0) is 26.9. The third-order valence-electron chi connectivity index (χ3n) is 6.27. The van der Waals surface area contributed by atoms with Gasteiger partial charge in [-0.2, -0.15) is 0 Å². The maximum atomic E-state index is 12.9. The molecule has 9 heteroatoms. The maximum absolute atomic E-state index is 12.9. The first-order chi connectivity index (χ1) is 18.5. The van der Waals surface area contributed by atoms with Crippen LogP contribution in [0, 0.1) is 0 Å². The number of carbonyl (C=O) groups excluding carboxylic acids is 3. The quantitative estimate of drug-likeness (QED) is 0.226. The molecule has 7 nitrogen and oxygen atoms in total. The smallest absolute Gasteiger partial charge is 0.341 e. The number of amides is 2. The van der Waals surface area contributed by atoms with Crippen molar-refractivity contribution in [3.05, 3.63) is 76.2 Å². The molecule has 3 aromatic rings. The molecule has 4 rings (SSSR count). The van der Waals surface area contributed by atoms with Gasteiger partial charge in [-0.1, -0.05) is 49.7 Å². The lowest BCUT2D eigenvalue weighted by Crippen LogP contribution is -2.29. The number of nitrogens with zero attached hydrogens (tertiary/aromatic N) is 1. The Bertz CT molecular complexity index is 1280. The van der Waals surface area contributed by atoms with Gasteiger partial charge in [0.15, 0.2) is 0 Å². The molecule has 2 amide bonds. The van der Waals surface area contributed by atoms with Crippen LogP contribution in [0.4, 0.5) is 10.7 Å². The van der Waals surface area contributed by atoms with Crippen LogP contribution in [-0.4, -0.2) is 42.1 Å². The van der Waals surface area contributed by atoms with E-state index in [1.165, 1.54) is 35.8 Å². The highest BCUT2D eigenvalue weighted by molar-refractivity contribution is 8.00. The fraction of sp³-hybridized carbons (Fsp3) is 0.345. The fourth-order valence-corrected chi connectivity index (χ4v) is 6.42. The summed E-state index contributed by atoms with van der Waals surface area (Å²) in [5, 5.41) is 6.42. The number of thioether (sulfide) groups is 1. The first-order valence-electron chi connectivity index (χ1n) is 12.8. The lowest BCUT2D eigenvalue weighted by atomic mass is 10.0. The minimum Gasteiger partial charge on any atom is -0.465 e. The molecule has 0 saturated heterocycles. The SMILES string of the molecule is CCCCC(=O)Nc1cccc(SCC(=O)Nc2sc3c(c2C(=O)OC)CCN(Cc2ccccc2)C3)c1. The van der Waals surface area contributed by atoms with Crippen LogP contribution < -0.4 is 10.6 Å². The van der Waals surface area contributed by atoms with Crippen LogP contribution in [0.1, 0.15) is 52.5 Å². The molecule has 200 valence electrons. The molecule has 2 aromatic carbocycles. The summed E-state index contributed by atoms with van der Waals surface area (Å²) in [6.45, 7) is 4.44. The number of esters is 1. The van der Waals surface area contributed by atoms with Crippen LogP contribution in [0.25, 0.3) is 0 Å². The van der Waals surface area contributed by atoms with Crippen molar-refractivity contribution in [3.63, 3.8) is 0 Å². The largest absolute Gasteiger partial charge is 0.465 e. The molecular formula is C29H33N3O4S2. The van der Waals surface area contributed by atoms with Gasteiger partial charge in [-0.25, -0.2) is 4.79 Å². The number of hydrogen-bond acceptors (Lipinski definition) is 7. The van der Waals surface area contributed by atoms with Crippen molar-refractivity contribution in [2.45, 2.75) is 50.6 Å². The van der Waals surface area contributed by atoms with Crippen LogP contribution in [0.15, 0.2) is 59.5 Å². The number of ether oxygens (including phenoxy) is 1. The Kier molecular flexibility index (Phi) is 9.98. The number of fused-ring (bicyclic) bond motifs is 1. The Hall–Kier alpha value is -3.14. The van der Waals surface area contributed by atoms with Crippen molar-refractivity contribution in [2.24, 2.45) is 0 Å². The van der Waals surface area contributed by atoms with Crippen LogP contribution in [0.2, 0.25) is 0 Å². The van der Waals surface area contributed by atoms with Crippen LogP contribution >= 0.6 is 23.1 Å². The first kappa shape index (κ1) is 27.9. The molecule has 0 bridgehead atoms. The van der Waals surface area contributed by atoms with Crippen molar-refractivity contribution in [1.82, 2.24) is 4.90 Å². The Morgan fingerprint density at radius 3 is 2.63 bits per heavy atom. The maximum Gasteiger partial charge on any atom is 0.341 e. The van der Waals surface area contributed by atoms with E-state index in [-0.39, 0.29) is 17.6 Å². The third kappa shape index (κ3) is 7.46. The van der Waals surface area contributed by atoms with Gasteiger partial charge in [0.1, 0.15) is 5.00 Å². The van der Waals surface area contributed by atoms with Crippen molar-refractivity contribution < 1.29 is 19.1 Å². The van der Waals surface area contributed by atoms with Gasteiger partial charge in [-0.3, -0.25) is 14.5 Å². The monoisotopic (exact) mass is 551 g/mol. The molecule has 0 atom stereocenters. The predicted octanol–water partition coefficient (Wildman–Crippen LogP) is 5.95. The van der Waals surface area contributed by atoms with Crippen LogP contribution in [0.3, 0.4) is 0 Å². The summed E-state index contributed by atoms with van der Waals surface area (Å²) >= 11 is 2.83. The van der Waals surface area contributed by atoms with E-state index in [2.05, 4.69) is 34.6 Å². The van der Waals surface area contributed by atoms with E-state index in [1.807, 2.05) is 42.5 Å². The molecule has 38 heavy (non-hydrogen) atoms. The van der Waals surface area contributed by atoms with E-state index in [0.717, 1.165) is 59.9 Å². The number of carbonyl (C=O) groups is 3. The average molecular weight is 552 g/mol. The molecule has 1 aliphatic heterocycles. The predicted molar refractivity (Wildman–Crippen MR) is 154 cm³/mol. The van der Waals surface area contributed by atoms with Gasteiger partial charge in [-0.15, -0.1) is 23.1 Å². The van der Waals surface area contributed by atoms with Crippen molar-refractivity contribution in [1.29, 1.82) is 0 Å². The summed E-state index contributed by atoms with van der Waals surface area (Å²) in [5.41, 5.74) is 3.41. The molecule has 0 aliphatic carbocycles. The highest BCUT2D eigenvalue weighted by Crippen LogP contribution is 2.38. The summed E-state index contributed by atoms with van der Waals surface area (Å²) in [5.74, 6) is -0.451.